The number of carboxylic acid groups (broad SMARTS) is 1. The Bertz CT molecular complexity index is 477. The van der Waals surface area contributed by atoms with Crippen molar-refractivity contribution in [3.63, 3.8) is 0 Å². The Morgan fingerprint density at radius 2 is 2.00 bits per heavy atom. The van der Waals surface area contributed by atoms with E-state index in [2.05, 4.69) is 0 Å². The third-order valence-corrected chi connectivity index (χ3v) is 4.37. The van der Waals surface area contributed by atoms with Gasteiger partial charge in [-0.15, -0.1) is 11.8 Å². The van der Waals surface area contributed by atoms with Crippen molar-refractivity contribution in [2.75, 3.05) is 5.75 Å². The minimum atomic E-state index is -1.21. The average Bonchev–Trinajstić information content (AvgIpc) is 2.74. The maximum absolute atomic E-state index is 11.6. The molecule has 6 heteroatoms. The molecule has 0 radical (unpaired) electrons. The minimum absolute atomic E-state index is 0.269. The quantitative estimate of drug-likeness (QED) is 0.814. The monoisotopic (exact) mass is 284 g/mol. The Morgan fingerprint density at radius 3 is 2.50 bits per heavy atom. The van der Waals surface area contributed by atoms with Crippen molar-refractivity contribution in [2.45, 2.75) is 18.3 Å². The second kappa shape index (κ2) is 5.20. The second-order valence-corrected chi connectivity index (χ2v) is 5.55. The second-order valence-electron chi connectivity index (χ2n) is 4.00. The van der Waals surface area contributed by atoms with E-state index in [1.807, 2.05) is 0 Å². The molecule has 0 bridgehead atoms. The van der Waals surface area contributed by atoms with Gasteiger partial charge in [-0.2, -0.15) is 0 Å². The fourth-order valence-corrected chi connectivity index (χ4v) is 3.55. The molecule has 0 spiro atoms. The zero-order valence-corrected chi connectivity index (χ0v) is 11.2. The van der Waals surface area contributed by atoms with Crippen molar-refractivity contribution in [1.29, 1.82) is 0 Å². The number of carbonyl (C=O) groups excluding carboxylic acids is 2. The van der Waals surface area contributed by atoms with Gasteiger partial charge in [0.25, 0.3) is 0 Å². The van der Waals surface area contributed by atoms with Gasteiger partial charge in [0.05, 0.1) is 12.0 Å². The predicted octanol–water partition coefficient (Wildman–Crippen LogP) is 1.05. The summed E-state index contributed by atoms with van der Waals surface area (Å²) in [6.45, 7) is 1.37. The molecule has 2 atom stereocenters. The zero-order valence-electron chi connectivity index (χ0n) is 9.63. The van der Waals surface area contributed by atoms with E-state index in [-0.39, 0.29) is 11.3 Å². The number of carboxylic acids is 1. The third-order valence-electron chi connectivity index (χ3n) is 2.79. The van der Waals surface area contributed by atoms with Crippen LogP contribution in [-0.2, 0) is 9.59 Å². The normalized spacial score (nSPS) is 23.1. The molecule has 1 amide bonds. The van der Waals surface area contributed by atoms with E-state index >= 15 is 0 Å². The van der Waals surface area contributed by atoms with Gasteiger partial charge >= 0.3 is 0 Å². The first-order valence-corrected chi connectivity index (χ1v) is 6.80. The predicted molar refractivity (Wildman–Crippen MR) is 68.0 cm³/mol. The van der Waals surface area contributed by atoms with Crippen molar-refractivity contribution in [3.8, 4) is 0 Å². The number of hydrogen-bond donors (Lipinski definition) is 0. The van der Waals surface area contributed by atoms with Gasteiger partial charge < -0.3 is 14.8 Å². The van der Waals surface area contributed by atoms with Gasteiger partial charge in [-0.1, -0.05) is 23.7 Å². The molecular weight excluding hydrogens is 274 g/mol. The van der Waals surface area contributed by atoms with Crippen molar-refractivity contribution in [1.82, 2.24) is 4.90 Å². The number of hydrogen-bond acceptors (Lipinski definition) is 4. The summed E-state index contributed by atoms with van der Waals surface area (Å²) in [5, 5.41) is 11.3. The van der Waals surface area contributed by atoms with Gasteiger partial charge in [-0.3, -0.25) is 4.79 Å². The van der Waals surface area contributed by atoms with Gasteiger partial charge in [0.2, 0.25) is 5.91 Å². The summed E-state index contributed by atoms with van der Waals surface area (Å²) in [5.74, 6) is -1.14. The van der Waals surface area contributed by atoms with Crippen molar-refractivity contribution in [3.05, 3.63) is 34.9 Å². The highest BCUT2D eigenvalue weighted by molar-refractivity contribution is 7.99. The van der Waals surface area contributed by atoms with Crippen LogP contribution in [0.5, 0.6) is 0 Å². The molecule has 1 aliphatic rings. The Hall–Kier alpha value is -1.20. The summed E-state index contributed by atoms with van der Waals surface area (Å²) < 4.78 is 0. The molecular formula is C12H11ClNO3S-. The highest BCUT2D eigenvalue weighted by atomic mass is 35.5. The van der Waals surface area contributed by atoms with Crippen molar-refractivity contribution in [2.24, 2.45) is 0 Å². The van der Waals surface area contributed by atoms with E-state index in [4.69, 9.17) is 11.6 Å². The lowest BCUT2D eigenvalue weighted by Gasteiger charge is -2.29. The van der Waals surface area contributed by atoms with Crippen LogP contribution in [0.1, 0.15) is 17.9 Å². The van der Waals surface area contributed by atoms with Crippen LogP contribution in [0.25, 0.3) is 0 Å². The summed E-state index contributed by atoms with van der Waals surface area (Å²) in [6, 6.07) is 6.18. The molecule has 4 nitrogen and oxygen atoms in total. The third kappa shape index (κ3) is 2.47. The molecule has 96 valence electrons. The van der Waals surface area contributed by atoms with Crippen LogP contribution >= 0.6 is 23.4 Å². The van der Waals surface area contributed by atoms with Gasteiger partial charge in [0.1, 0.15) is 5.37 Å². The lowest BCUT2D eigenvalue weighted by molar-refractivity contribution is -0.310. The van der Waals surface area contributed by atoms with E-state index in [1.54, 1.807) is 24.3 Å². The fraction of sp³-hybridized carbons (Fsp3) is 0.333. The Balaban J connectivity index is 2.30. The molecule has 0 unspecified atom stereocenters. The van der Waals surface area contributed by atoms with Gasteiger partial charge in [0, 0.05) is 17.7 Å². The lowest BCUT2D eigenvalue weighted by Crippen LogP contribution is -2.48. The number of halogens is 1. The van der Waals surface area contributed by atoms with E-state index in [9.17, 15) is 14.7 Å². The lowest BCUT2D eigenvalue weighted by atomic mass is 10.2. The van der Waals surface area contributed by atoms with Crippen LogP contribution in [0.4, 0.5) is 0 Å². The molecule has 1 heterocycles. The molecule has 0 N–H and O–H groups in total. The topological polar surface area (TPSA) is 60.4 Å². The number of thioether (sulfide) groups is 1. The number of amides is 1. The molecule has 1 fully saturated rings. The molecule has 1 aromatic rings. The number of rotatable bonds is 2. The van der Waals surface area contributed by atoms with E-state index in [0.717, 1.165) is 5.56 Å². The molecule has 18 heavy (non-hydrogen) atoms. The highest BCUT2D eigenvalue weighted by Gasteiger charge is 2.37. The molecule has 1 aromatic carbocycles. The number of nitrogens with zero attached hydrogens (tertiary/aromatic N) is 1. The van der Waals surface area contributed by atoms with E-state index < -0.39 is 12.0 Å². The summed E-state index contributed by atoms with van der Waals surface area (Å²) in [5.41, 5.74) is 0.864. The van der Waals surface area contributed by atoms with Crippen LogP contribution in [0.2, 0.25) is 5.02 Å². The molecule has 1 saturated heterocycles. The number of benzene rings is 1. The minimum Gasteiger partial charge on any atom is -0.548 e. The maximum atomic E-state index is 11.6. The zero-order chi connectivity index (χ0) is 13.3. The summed E-state index contributed by atoms with van der Waals surface area (Å²) in [7, 11) is 0. The van der Waals surface area contributed by atoms with Crippen LogP contribution in [-0.4, -0.2) is 28.6 Å². The van der Waals surface area contributed by atoms with Crippen molar-refractivity contribution < 1.29 is 14.7 Å². The Morgan fingerprint density at radius 1 is 1.39 bits per heavy atom. The summed E-state index contributed by atoms with van der Waals surface area (Å²) >= 11 is 7.22. The SMILES string of the molecule is CC(=O)N1[C@@H](C(=O)[O-])CS[C@H]1c1ccc(Cl)cc1. The van der Waals surface area contributed by atoms with Crippen LogP contribution in [0.3, 0.4) is 0 Å². The van der Waals surface area contributed by atoms with Crippen LogP contribution < -0.4 is 5.11 Å². The average molecular weight is 285 g/mol. The molecule has 2 rings (SSSR count). The standard InChI is InChI=1S/C12H12ClNO3S/c1-7(15)14-10(12(16)17)6-18-11(14)8-2-4-9(13)5-3-8/h2-5,10-11H,6H2,1H3,(H,16,17)/p-1/t10-,11+/m1/s1. The largest absolute Gasteiger partial charge is 0.548 e. The molecule has 0 saturated carbocycles. The van der Waals surface area contributed by atoms with Crippen LogP contribution in [0.15, 0.2) is 24.3 Å². The first kappa shape index (κ1) is 13.2. The van der Waals surface area contributed by atoms with E-state index in [0.29, 0.717) is 10.8 Å². The van der Waals surface area contributed by atoms with E-state index in [1.165, 1.54) is 23.6 Å². The Labute approximate surface area is 114 Å². The smallest absolute Gasteiger partial charge is 0.221 e. The van der Waals surface area contributed by atoms with Gasteiger partial charge in [-0.25, -0.2) is 0 Å². The number of aliphatic carboxylic acids is 1. The first-order chi connectivity index (χ1) is 8.50. The summed E-state index contributed by atoms with van der Waals surface area (Å²) in [4.78, 5) is 24.0. The molecule has 1 aliphatic heterocycles. The molecule has 0 aromatic heterocycles. The summed E-state index contributed by atoms with van der Waals surface area (Å²) in [6.07, 6.45) is 0. The Kier molecular flexibility index (Phi) is 3.82. The highest BCUT2D eigenvalue weighted by Crippen LogP contribution is 2.41. The fourth-order valence-electron chi connectivity index (χ4n) is 1.96. The maximum Gasteiger partial charge on any atom is 0.221 e. The van der Waals surface area contributed by atoms with Crippen LogP contribution in [0, 0.1) is 0 Å². The van der Waals surface area contributed by atoms with Crippen molar-refractivity contribution >= 4 is 35.2 Å². The van der Waals surface area contributed by atoms with Gasteiger partial charge in [0.15, 0.2) is 0 Å². The number of carbonyl (C=O) groups is 2. The molecule has 0 aliphatic carbocycles. The first-order valence-electron chi connectivity index (χ1n) is 5.37. The van der Waals surface area contributed by atoms with Gasteiger partial charge in [-0.05, 0) is 17.7 Å².